The molecule has 0 bridgehead atoms. The zero-order valence-corrected chi connectivity index (χ0v) is 13.5. The van der Waals surface area contributed by atoms with E-state index in [0.717, 1.165) is 45.3 Å². The second-order valence-electron chi connectivity index (χ2n) is 7.33. The van der Waals surface area contributed by atoms with Gasteiger partial charge in [-0.25, -0.2) is 0 Å². The first kappa shape index (κ1) is 15.2. The van der Waals surface area contributed by atoms with Gasteiger partial charge in [0, 0.05) is 31.1 Å². The number of hydrogen-bond donors (Lipinski definition) is 2. The molecule has 4 heteroatoms. The van der Waals surface area contributed by atoms with Gasteiger partial charge in [-0.05, 0) is 49.1 Å². The van der Waals surface area contributed by atoms with Crippen LogP contribution in [0.15, 0.2) is 24.3 Å². The molecule has 0 aromatic heterocycles. The van der Waals surface area contributed by atoms with Gasteiger partial charge in [0.05, 0.1) is 6.10 Å². The number of aliphatic hydroxyl groups is 1. The Labute approximate surface area is 137 Å². The third-order valence-corrected chi connectivity index (χ3v) is 6.08. The van der Waals surface area contributed by atoms with E-state index in [1.54, 1.807) is 0 Å². The lowest BCUT2D eigenvalue weighted by Crippen LogP contribution is -2.39. The van der Waals surface area contributed by atoms with Gasteiger partial charge in [-0.1, -0.05) is 24.3 Å². The zero-order chi connectivity index (χ0) is 15.9. The number of benzene rings is 1. The van der Waals surface area contributed by atoms with Crippen molar-refractivity contribution in [2.45, 2.75) is 43.6 Å². The molecule has 4 rings (SSSR count). The number of rotatable bonds is 4. The largest absolute Gasteiger partial charge is 0.391 e. The molecule has 1 aromatic carbocycles. The Morgan fingerprint density at radius 3 is 2.96 bits per heavy atom. The lowest BCUT2D eigenvalue weighted by Gasteiger charge is -2.26. The van der Waals surface area contributed by atoms with E-state index in [4.69, 9.17) is 4.74 Å². The van der Waals surface area contributed by atoms with Crippen molar-refractivity contribution in [3.05, 3.63) is 35.4 Å². The van der Waals surface area contributed by atoms with E-state index in [0.29, 0.717) is 6.54 Å². The number of carbonyl (C=O) groups is 1. The molecule has 3 aliphatic rings. The molecule has 4 nitrogen and oxygen atoms in total. The lowest BCUT2D eigenvalue weighted by atomic mass is 9.93. The summed E-state index contributed by atoms with van der Waals surface area (Å²) >= 11 is 0. The fourth-order valence-corrected chi connectivity index (χ4v) is 4.53. The highest BCUT2D eigenvalue weighted by molar-refractivity contribution is 5.85. The average Bonchev–Trinajstić information content (AvgIpc) is 3.22. The van der Waals surface area contributed by atoms with Crippen molar-refractivity contribution >= 4 is 5.91 Å². The lowest BCUT2D eigenvalue weighted by molar-refractivity contribution is -0.123. The van der Waals surface area contributed by atoms with Crippen molar-refractivity contribution in [3.63, 3.8) is 0 Å². The normalized spacial score (nSPS) is 30.9. The molecule has 2 N–H and O–H groups in total. The number of ether oxygens (including phenoxy) is 1. The molecule has 23 heavy (non-hydrogen) atoms. The topological polar surface area (TPSA) is 58.6 Å². The smallest absolute Gasteiger partial charge is 0.224 e. The first-order valence-electron chi connectivity index (χ1n) is 8.82. The highest BCUT2D eigenvalue weighted by Crippen LogP contribution is 2.61. The van der Waals surface area contributed by atoms with Crippen LogP contribution in [-0.4, -0.2) is 36.9 Å². The van der Waals surface area contributed by atoms with E-state index < -0.39 is 6.10 Å². The molecule has 1 saturated carbocycles. The third-order valence-electron chi connectivity index (χ3n) is 6.08. The quantitative estimate of drug-likeness (QED) is 0.891. The van der Waals surface area contributed by atoms with Gasteiger partial charge in [-0.15, -0.1) is 0 Å². The van der Waals surface area contributed by atoms with Gasteiger partial charge in [-0.2, -0.15) is 0 Å². The maximum Gasteiger partial charge on any atom is 0.224 e. The van der Waals surface area contributed by atoms with Gasteiger partial charge < -0.3 is 15.2 Å². The summed E-state index contributed by atoms with van der Waals surface area (Å²) in [6.45, 7) is 1.81. The second kappa shape index (κ2) is 5.91. The molecule has 1 aromatic rings. The van der Waals surface area contributed by atoms with Crippen LogP contribution >= 0.6 is 0 Å². The van der Waals surface area contributed by atoms with Crippen LogP contribution in [0, 0.1) is 11.8 Å². The molecule has 1 saturated heterocycles. The van der Waals surface area contributed by atoms with Crippen LogP contribution in [0.1, 0.15) is 36.8 Å². The SMILES string of the molecule is O=C(NC[C@H](O)C1CCOCC1)[C@@H]1C[C@]12CCc1ccccc12. The standard InChI is InChI=1S/C19H25NO3/c21-17(14-6-9-23-10-7-14)12-20-18(22)16-11-19(16)8-5-13-3-1-2-4-15(13)19/h1-4,14,16-17,21H,5-12H2,(H,20,22)/t16-,17-,19-/m0/s1. The maximum absolute atomic E-state index is 12.5. The Morgan fingerprint density at radius 2 is 2.13 bits per heavy atom. The molecule has 2 aliphatic carbocycles. The number of hydrogen-bond acceptors (Lipinski definition) is 3. The van der Waals surface area contributed by atoms with E-state index in [2.05, 4.69) is 29.6 Å². The van der Waals surface area contributed by atoms with Crippen LogP contribution in [0.25, 0.3) is 0 Å². The number of aliphatic hydroxyl groups excluding tert-OH is 1. The summed E-state index contributed by atoms with van der Waals surface area (Å²) in [4.78, 5) is 12.5. The predicted molar refractivity (Wildman–Crippen MR) is 87.1 cm³/mol. The minimum Gasteiger partial charge on any atom is -0.391 e. The van der Waals surface area contributed by atoms with Crippen molar-refractivity contribution < 1.29 is 14.6 Å². The van der Waals surface area contributed by atoms with Crippen molar-refractivity contribution in [2.75, 3.05) is 19.8 Å². The average molecular weight is 315 g/mol. The zero-order valence-electron chi connectivity index (χ0n) is 13.5. The number of fused-ring (bicyclic) bond motifs is 2. The van der Waals surface area contributed by atoms with Gasteiger partial charge in [0.25, 0.3) is 0 Å². The van der Waals surface area contributed by atoms with Crippen molar-refractivity contribution in [3.8, 4) is 0 Å². The summed E-state index contributed by atoms with van der Waals surface area (Å²) < 4.78 is 5.32. The highest BCUT2D eigenvalue weighted by Gasteiger charge is 2.61. The summed E-state index contributed by atoms with van der Waals surface area (Å²) in [6, 6.07) is 8.53. The Kier molecular flexibility index (Phi) is 3.90. The van der Waals surface area contributed by atoms with E-state index in [1.165, 1.54) is 11.1 Å². The molecule has 2 fully saturated rings. The molecule has 1 aliphatic heterocycles. The summed E-state index contributed by atoms with van der Waals surface area (Å²) in [6.07, 6.45) is 4.46. The summed E-state index contributed by atoms with van der Waals surface area (Å²) in [5, 5.41) is 13.3. The van der Waals surface area contributed by atoms with Crippen LogP contribution in [-0.2, 0) is 21.4 Å². The molecular formula is C19H25NO3. The second-order valence-corrected chi connectivity index (χ2v) is 7.33. The first-order chi connectivity index (χ1) is 11.2. The van der Waals surface area contributed by atoms with Crippen molar-refractivity contribution in [2.24, 2.45) is 11.8 Å². The van der Waals surface area contributed by atoms with Gasteiger partial charge in [0.15, 0.2) is 0 Å². The van der Waals surface area contributed by atoms with E-state index >= 15 is 0 Å². The monoisotopic (exact) mass is 315 g/mol. The number of carbonyl (C=O) groups excluding carboxylic acids is 1. The molecule has 3 atom stereocenters. The van der Waals surface area contributed by atoms with E-state index in [9.17, 15) is 9.90 Å². The van der Waals surface area contributed by atoms with Crippen molar-refractivity contribution in [1.29, 1.82) is 0 Å². The first-order valence-corrected chi connectivity index (χ1v) is 8.82. The Bertz CT molecular complexity index is 596. The molecule has 0 radical (unpaired) electrons. The number of amides is 1. The molecule has 1 amide bonds. The van der Waals surface area contributed by atoms with E-state index in [1.807, 2.05) is 0 Å². The number of nitrogens with one attached hydrogen (secondary N) is 1. The minimum absolute atomic E-state index is 0.0876. The minimum atomic E-state index is -0.451. The van der Waals surface area contributed by atoms with Crippen LogP contribution < -0.4 is 5.32 Å². The predicted octanol–water partition coefficient (Wildman–Crippen LogP) is 1.79. The van der Waals surface area contributed by atoms with Crippen LogP contribution in [0.4, 0.5) is 0 Å². The van der Waals surface area contributed by atoms with Crippen LogP contribution in [0.2, 0.25) is 0 Å². The number of aryl methyl sites for hydroxylation is 1. The van der Waals surface area contributed by atoms with Gasteiger partial charge >= 0.3 is 0 Å². The summed E-state index contributed by atoms with van der Waals surface area (Å²) in [5.41, 5.74) is 2.87. The molecule has 124 valence electrons. The molecule has 0 unspecified atom stereocenters. The molecule has 1 heterocycles. The molecular weight excluding hydrogens is 290 g/mol. The fraction of sp³-hybridized carbons (Fsp3) is 0.632. The summed E-state index contributed by atoms with van der Waals surface area (Å²) in [7, 11) is 0. The van der Waals surface area contributed by atoms with Gasteiger partial charge in [0.1, 0.15) is 0 Å². The van der Waals surface area contributed by atoms with Gasteiger partial charge in [0.2, 0.25) is 5.91 Å². The highest BCUT2D eigenvalue weighted by atomic mass is 16.5. The maximum atomic E-state index is 12.5. The Balaban J connectivity index is 1.33. The Hall–Kier alpha value is -1.39. The van der Waals surface area contributed by atoms with E-state index in [-0.39, 0.29) is 23.2 Å². The molecule has 1 spiro atoms. The van der Waals surface area contributed by atoms with Crippen LogP contribution in [0.3, 0.4) is 0 Å². The van der Waals surface area contributed by atoms with Gasteiger partial charge in [-0.3, -0.25) is 4.79 Å². The van der Waals surface area contributed by atoms with Crippen molar-refractivity contribution in [1.82, 2.24) is 5.32 Å². The third kappa shape index (κ3) is 2.68. The Morgan fingerprint density at radius 1 is 1.35 bits per heavy atom. The summed E-state index contributed by atoms with van der Waals surface area (Å²) in [5.74, 6) is 0.463. The fourth-order valence-electron chi connectivity index (χ4n) is 4.53. The van der Waals surface area contributed by atoms with Crippen LogP contribution in [0.5, 0.6) is 0 Å².